The van der Waals surface area contributed by atoms with Gasteiger partial charge in [-0.25, -0.2) is 0 Å². The molecule has 0 saturated heterocycles. The molecule has 0 radical (unpaired) electrons. The first-order valence-corrected chi connectivity index (χ1v) is 6.09. The van der Waals surface area contributed by atoms with Gasteiger partial charge in [0.2, 0.25) is 0 Å². The lowest BCUT2D eigenvalue weighted by molar-refractivity contribution is 0.0151. The summed E-state index contributed by atoms with van der Waals surface area (Å²) in [5.74, 6) is 0. The van der Waals surface area contributed by atoms with Crippen molar-refractivity contribution in [1.82, 2.24) is 0 Å². The first kappa shape index (κ1) is 12.0. The lowest BCUT2D eigenvalue weighted by Gasteiger charge is -2.40. The lowest BCUT2D eigenvalue weighted by Crippen LogP contribution is -2.42. The molecule has 1 aromatic rings. The van der Waals surface area contributed by atoms with Gasteiger partial charge in [0.15, 0.2) is 5.72 Å². The molecule has 0 aromatic heterocycles. The zero-order chi connectivity index (χ0) is 12.5. The minimum atomic E-state index is -0.327. The number of nitrogens with one attached hydrogen (secondary N) is 1. The smallest absolute Gasteiger partial charge is 0.177 e. The van der Waals surface area contributed by atoms with Gasteiger partial charge in [-0.05, 0) is 43.0 Å². The van der Waals surface area contributed by atoms with Gasteiger partial charge in [0, 0.05) is 12.1 Å². The van der Waals surface area contributed by atoms with Crippen LogP contribution in [0.5, 0.6) is 0 Å². The summed E-state index contributed by atoms with van der Waals surface area (Å²) in [6, 6.07) is 8.37. The molecule has 2 heteroatoms. The Morgan fingerprint density at radius 1 is 1.24 bits per heavy atom. The fourth-order valence-electron chi connectivity index (χ4n) is 2.44. The fraction of sp³-hybridized carbons (Fsp3) is 0.467. The van der Waals surface area contributed by atoms with Crippen LogP contribution in [0.2, 0.25) is 0 Å². The van der Waals surface area contributed by atoms with Crippen LogP contribution in [0.4, 0.5) is 5.69 Å². The summed E-state index contributed by atoms with van der Waals surface area (Å²) in [5.41, 5.74) is 2.21. The third kappa shape index (κ3) is 3.02. The Balaban J connectivity index is 2.16. The van der Waals surface area contributed by atoms with Gasteiger partial charge < -0.3 is 10.1 Å². The molecule has 1 aliphatic heterocycles. The Morgan fingerprint density at radius 3 is 2.65 bits per heavy atom. The molecule has 1 aromatic carbocycles. The molecule has 1 heterocycles. The van der Waals surface area contributed by atoms with E-state index in [1.807, 2.05) is 6.26 Å². The van der Waals surface area contributed by atoms with Crippen molar-refractivity contribution in [3.8, 4) is 0 Å². The van der Waals surface area contributed by atoms with E-state index in [1.165, 1.54) is 5.56 Å². The Labute approximate surface area is 104 Å². The molecule has 1 aliphatic rings. The van der Waals surface area contributed by atoms with Crippen LogP contribution in [0.25, 0.3) is 0 Å². The Morgan fingerprint density at radius 2 is 2.00 bits per heavy atom. The maximum atomic E-state index is 5.75. The predicted molar refractivity (Wildman–Crippen MR) is 71.8 cm³/mol. The monoisotopic (exact) mass is 231 g/mol. The minimum Gasteiger partial charge on any atom is -0.476 e. The van der Waals surface area contributed by atoms with Crippen molar-refractivity contribution in [1.29, 1.82) is 0 Å². The van der Waals surface area contributed by atoms with Crippen LogP contribution in [0.3, 0.4) is 0 Å². The fourth-order valence-corrected chi connectivity index (χ4v) is 2.44. The lowest BCUT2D eigenvalue weighted by atomic mass is 9.83. The van der Waals surface area contributed by atoms with Crippen LogP contribution in [0, 0.1) is 12.3 Å². The van der Waals surface area contributed by atoms with Crippen LogP contribution in [-0.4, -0.2) is 5.72 Å². The summed E-state index contributed by atoms with van der Waals surface area (Å²) in [7, 11) is 0. The molecule has 2 rings (SSSR count). The van der Waals surface area contributed by atoms with Crippen molar-refractivity contribution in [3.05, 3.63) is 42.2 Å². The number of aryl methyl sites for hydroxylation is 1. The highest BCUT2D eigenvalue weighted by Gasteiger charge is 2.35. The van der Waals surface area contributed by atoms with Crippen LogP contribution in [-0.2, 0) is 4.74 Å². The van der Waals surface area contributed by atoms with Crippen molar-refractivity contribution in [2.75, 3.05) is 5.32 Å². The molecular formula is C15H21NO. The van der Waals surface area contributed by atoms with Gasteiger partial charge in [0.05, 0.1) is 6.26 Å². The molecule has 0 bridgehead atoms. The number of rotatable bonds is 2. The molecule has 2 nitrogen and oxygen atoms in total. The van der Waals surface area contributed by atoms with E-state index in [1.54, 1.807) is 0 Å². The van der Waals surface area contributed by atoms with Crippen LogP contribution in [0.1, 0.15) is 32.8 Å². The number of benzene rings is 1. The second-order valence-electron chi connectivity index (χ2n) is 5.81. The zero-order valence-electron chi connectivity index (χ0n) is 11.1. The summed E-state index contributed by atoms with van der Waals surface area (Å²) in [6.45, 7) is 8.64. The van der Waals surface area contributed by atoms with Crippen molar-refractivity contribution >= 4 is 5.69 Å². The van der Waals surface area contributed by atoms with Crippen molar-refractivity contribution < 1.29 is 4.74 Å². The molecule has 1 N–H and O–H groups in total. The van der Waals surface area contributed by atoms with Crippen LogP contribution >= 0.6 is 0 Å². The van der Waals surface area contributed by atoms with E-state index < -0.39 is 0 Å². The zero-order valence-corrected chi connectivity index (χ0v) is 11.1. The van der Waals surface area contributed by atoms with Gasteiger partial charge in [0.25, 0.3) is 0 Å². The van der Waals surface area contributed by atoms with Gasteiger partial charge in [-0.1, -0.05) is 26.0 Å². The molecule has 1 unspecified atom stereocenters. The van der Waals surface area contributed by atoms with E-state index in [2.05, 4.69) is 63.4 Å². The highest BCUT2D eigenvalue weighted by molar-refractivity contribution is 5.47. The Kier molecular flexibility index (Phi) is 2.90. The van der Waals surface area contributed by atoms with Crippen molar-refractivity contribution in [2.45, 2.75) is 39.8 Å². The van der Waals surface area contributed by atoms with E-state index in [-0.39, 0.29) is 11.1 Å². The summed E-state index contributed by atoms with van der Waals surface area (Å²) in [4.78, 5) is 0. The summed E-state index contributed by atoms with van der Waals surface area (Å²) in [6.07, 6.45) is 4.88. The molecule has 92 valence electrons. The molecular weight excluding hydrogens is 210 g/mol. The highest BCUT2D eigenvalue weighted by Crippen LogP contribution is 2.36. The van der Waals surface area contributed by atoms with E-state index in [9.17, 15) is 0 Å². The average Bonchev–Trinajstić information content (AvgIpc) is 2.14. The Bertz CT molecular complexity index is 436. The van der Waals surface area contributed by atoms with Crippen LogP contribution in [0.15, 0.2) is 36.6 Å². The van der Waals surface area contributed by atoms with Gasteiger partial charge in [0.1, 0.15) is 0 Å². The SMILES string of the molecule is Cc1cccc(NC2(C)CC(C)(C)C=CO2)c1. The molecule has 0 spiro atoms. The number of hydrogen-bond donors (Lipinski definition) is 1. The van der Waals surface area contributed by atoms with Gasteiger partial charge in [-0.2, -0.15) is 0 Å². The van der Waals surface area contributed by atoms with Crippen molar-refractivity contribution in [3.63, 3.8) is 0 Å². The molecule has 1 atom stereocenters. The van der Waals surface area contributed by atoms with Gasteiger partial charge in [-0.15, -0.1) is 0 Å². The van der Waals surface area contributed by atoms with Crippen molar-refractivity contribution in [2.24, 2.45) is 5.41 Å². The molecule has 17 heavy (non-hydrogen) atoms. The summed E-state index contributed by atoms with van der Waals surface area (Å²) < 4.78 is 5.75. The number of hydrogen-bond acceptors (Lipinski definition) is 2. The van der Waals surface area contributed by atoms with E-state index >= 15 is 0 Å². The largest absolute Gasteiger partial charge is 0.476 e. The maximum Gasteiger partial charge on any atom is 0.177 e. The number of allylic oxidation sites excluding steroid dienone is 1. The number of anilines is 1. The molecule has 0 aliphatic carbocycles. The van der Waals surface area contributed by atoms with Gasteiger partial charge >= 0.3 is 0 Å². The maximum absolute atomic E-state index is 5.75. The summed E-state index contributed by atoms with van der Waals surface area (Å²) in [5, 5.41) is 3.48. The Hall–Kier alpha value is -1.44. The third-order valence-electron chi connectivity index (χ3n) is 3.07. The predicted octanol–water partition coefficient (Wildman–Crippen LogP) is 4.08. The third-order valence-corrected chi connectivity index (χ3v) is 3.07. The highest BCUT2D eigenvalue weighted by atomic mass is 16.5. The van der Waals surface area contributed by atoms with E-state index in [0.29, 0.717) is 0 Å². The molecule has 0 fully saturated rings. The standard InChI is InChI=1S/C15H21NO/c1-12-6-5-7-13(10-12)16-15(4)11-14(2,3)8-9-17-15/h5-10,16H,11H2,1-4H3. The molecule has 0 saturated carbocycles. The minimum absolute atomic E-state index is 0.170. The first-order chi connectivity index (χ1) is 7.89. The molecule has 0 amide bonds. The topological polar surface area (TPSA) is 21.3 Å². The average molecular weight is 231 g/mol. The normalized spacial score (nSPS) is 26.4. The van der Waals surface area contributed by atoms with Gasteiger partial charge in [-0.3, -0.25) is 0 Å². The number of ether oxygens (including phenoxy) is 1. The summed E-state index contributed by atoms with van der Waals surface area (Å²) >= 11 is 0. The first-order valence-electron chi connectivity index (χ1n) is 6.09. The quantitative estimate of drug-likeness (QED) is 0.828. The van der Waals surface area contributed by atoms with E-state index in [0.717, 1.165) is 12.1 Å². The van der Waals surface area contributed by atoms with Crippen LogP contribution < -0.4 is 5.32 Å². The van der Waals surface area contributed by atoms with E-state index in [4.69, 9.17) is 4.74 Å². The second-order valence-corrected chi connectivity index (χ2v) is 5.81. The second kappa shape index (κ2) is 4.10.